The molecular weight excluding hydrogens is 354 g/mol. The van der Waals surface area contributed by atoms with Gasteiger partial charge in [-0.15, -0.1) is 0 Å². The van der Waals surface area contributed by atoms with Gasteiger partial charge >= 0.3 is 6.09 Å². The molecule has 6 nitrogen and oxygen atoms in total. The standard InChI is InChI=1S/C22H23N3O3/c26-22-25(16-8-11-19-20(12-16)24-14-23-19)21(13-27-22)15-6-9-18(10-7-15)28-17-4-2-1-3-5-17/h6-12,14,17,21H,1-5,13H2,(H,23,24). The molecule has 2 fully saturated rings. The van der Waals surface area contributed by atoms with Gasteiger partial charge in [0, 0.05) is 0 Å². The first-order valence-electron chi connectivity index (χ1n) is 9.94. The Labute approximate surface area is 163 Å². The van der Waals surface area contributed by atoms with Gasteiger partial charge in [-0.2, -0.15) is 0 Å². The Balaban J connectivity index is 1.37. The molecule has 1 saturated heterocycles. The molecule has 5 rings (SSSR count). The van der Waals surface area contributed by atoms with Crippen LogP contribution in [0.4, 0.5) is 10.5 Å². The smallest absolute Gasteiger partial charge is 0.415 e. The summed E-state index contributed by atoms with van der Waals surface area (Å²) in [5.41, 5.74) is 3.60. The lowest BCUT2D eigenvalue weighted by atomic mass is 9.98. The molecule has 28 heavy (non-hydrogen) atoms. The van der Waals surface area contributed by atoms with Gasteiger partial charge in [0.15, 0.2) is 0 Å². The minimum absolute atomic E-state index is 0.156. The number of benzene rings is 2. The fourth-order valence-corrected chi connectivity index (χ4v) is 4.17. The Hall–Kier alpha value is -3.02. The number of aromatic amines is 1. The molecule has 1 amide bonds. The van der Waals surface area contributed by atoms with Gasteiger partial charge in [0.05, 0.1) is 35.2 Å². The first-order valence-corrected chi connectivity index (χ1v) is 9.94. The average Bonchev–Trinajstić information content (AvgIpc) is 3.35. The van der Waals surface area contributed by atoms with Crippen molar-refractivity contribution in [2.45, 2.75) is 44.2 Å². The van der Waals surface area contributed by atoms with Gasteiger partial charge in [0.1, 0.15) is 12.4 Å². The molecule has 1 aliphatic heterocycles. The van der Waals surface area contributed by atoms with Crippen molar-refractivity contribution in [3.63, 3.8) is 0 Å². The van der Waals surface area contributed by atoms with Crippen LogP contribution in [0.25, 0.3) is 11.0 Å². The second-order valence-corrected chi connectivity index (χ2v) is 7.51. The third-order valence-corrected chi connectivity index (χ3v) is 5.67. The summed E-state index contributed by atoms with van der Waals surface area (Å²) in [6.07, 6.45) is 7.74. The van der Waals surface area contributed by atoms with Crippen LogP contribution in [0, 0.1) is 0 Å². The summed E-state index contributed by atoms with van der Waals surface area (Å²) in [5.74, 6) is 0.895. The summed E-state index contributed by atoms with van der Waals surface area (Å²) in [6, 6.07) is 13.7. The first kappa shape index (κ1) is 17.1. The lowest BCUT2D eigenvalue weighted by Crippen LogP contribution is -2.27. The maximum atomic E-state index is 12.4. The highest BCUT2D eigenvalue weighted by atomic mass is 16.6. The lowest BCUT2D eigenvalue weighted by molar-refractivity contribution is 0.155. The van der Waals surface area contributed by atoms with Crippen LogP contribution < -0.4 is 9.64 Å². The summed E-state index contributed by atoms with van der Waals surface area (Å²) in [5, 5.41) is 0. The Morgan fingerprint density at radius 1 is 1.07 bits per heavy atom. The molecule has 2 aliphatic rings. The van der Waals surface area contributed by atoms with Crippen LogP contribution in [0.2, 0.25) is 0 Å². The minimum atomic E-state index is -0.327. The Morgan fingerprint density at radius 3 is 2.71 bits per heavy atom. The van der Waals surface area contributed by atoms with E-state index in [4.69, 9.17) is 9.47 Å². The van der Waals surface area contributed by atoms with E-state index in [9.17, 15) is 4.79 Å². The molecular formula is C22H23N3O3. The third kappa shape index (κ3) is 3.19. The van der Waals surface area contributed by atoms with Crippen molar-refractivity contribution in [1.82, 2.24) is 9.97 Å². The Kier molecular flexibility index (Phi) is 4.39. The quantitative estimate of drug-likeness (QED) is 0.697. The maximum Gasteiger partial charge on any atom is 0.415 e. The van der Waals surface area contributed by atoms with Crippen molar-refractivity contribution >= 4 is 22.8 Å². The Morgan fingerprint density at radius 2 is 1.89 bits per heavy atom. The molecule has 1 aromatic heterocycles. The van der Waals surface area contributed by atoms with Crippen LogP contribution in [0.3, 0.4) is 0 Å². The fourth-order valence-electron chi connectivity index (χ4n) is 4.17. The number of nitrogens with zero attached hydrogens (tertiary/aromatic N) is 2. The van der Waals surface area contributed by atoms with Gasteiger partial charge in [-0.05, 0) is 61.6 Å². The van der Waals surface area contributed by atoms with Crippen molar-refractivity contribution < 1.29 is 14.3 Å². The minimum Gasteiger partial charge on any atom is -0.490 e. The molecule has 3 aromatic rings. The van der Waals surface area contributed by atoms with E-state index in [-0.39, 0.29) is 12.1 Å². The zero-order valence-electron chi connectivity index (χ0n) is 15.6. The number of rotatable bonds is 4. The highest BCUT2D eigenvalue weighted by Crippen LogP contribution is 2.35. The van der Waals surface area contributed by atoms with E-state index in [1.54, 1.807) is 11.2 Å². The number of amides is 1. The first-order chi connectivity index (χ1) is 13.8. The number of aromatic nitrogens is 2. The number of nitrogens with one attached hydrogen (secondary N) is 1. The SMILES string of the molecule is O=C1OCC(c2ccc(OC3CCCCC3)cc2)N1c1ccc2nc[nH]c2c1. The average molecular weight is 377 g/mol. The van der Waals surface area contributed by atoms with E-state index in [0.29, 0.717) is 12.7 Å². The zero-order chi connectivity index (χ0) is 18.9. The molecule has 1 saturated carbocycles. The van der Waals surface area contributed by atoms with Gasteiger partial charge in [-0.25, -0.2) is 9.78 Å². The Bertz CT molecular complexity index is 976. The van der Waals surface area contributed by atoms with Gasteiger partial charge in [-0.3, -0.25) is 4.90 Å². The van der Waals surface area contributed by atoms with Crippen molar-refractivity contribution in [3.8, 4) is 5.75 Å². The summed E-state index contributed by atoms with van der Waals surface area (Å²) < 4.78 is 11.5. The summed E-state index contributed by atoms with van der Waals surface area (Å²) in [4.78, 5) is 21.4. The van der Waals surface area contributed by atoms with Crippen molar-refractivity contribution in [1.29, 1.82) is 0 Å². The number of ether oxygens (including phenoxy) is 2. The van der Waals surface area contributed by atoms with E-state index in [2.05, 4.69) is 9.97 Å². The lowest BCUT2D eigenvalue weighted by Gasteiger charge is -2.24. The van der Waals surface area contributed by atoms with Gasteiger partial charge < -0.3 is 14.5 Å². The van der Waals surface area contributed by atoms with Crippen LogP contribution in [0.5, 0.6) is 5.75 Å². The maximum absolute atomic E-state index is 12.4. The molecule has 144 valence electrons. The largest absolute Gasteiger partial charge is 0.490 e. The van der Waals surface area contributed by atoms with E-state index < -0.39 is 0 Å². The molecule has 0 radical (unpaired) electrons. The molecule has 1 atom stereocenters. The molecule has 2 aromatic carbocycles. The molecule has 0 spiro atoms. The monoisotopic (exact) mass is 377 g/mol. The number of hydrogen-bond donors (Lipinski definition) is 1. The number of anilines is 1. The summed E-state index contributed by atoms with van der Waals surface area (Å²) >= 11 is 0. The molecule has 1 aliphatic carbocycles. The van der Waals surface area contributed by atoms with Crippen LogP contribution in [0.1, 0.15) is 43.7 Å². The van der Waals surface area contributed by atoms with Crippen molar-refractivity contribution in [2.24, 2.45) is 0 Å². The second kappa shape index (κ2) is 7.19. The van der Waals surface area contributed by atoms with Gasteiger partial charge in [0.25, 0.3) is 0 Å². The van der Waals surface area contributed by atoms with Crippen LogP contribution in [0.15, 0.2) is 48.8 Å². The highest BCUT2D eigenvalue weighted by Gasteiger charge is 2.35. The second-order valence-electron chi connectivity index (χ2n) is 7.51. The number of carbonyl (C=O) groups excluding carboxylic acids is 1. The van der Waals surface area contributed by atoms with E-state index in [1.807, 2.05) is 42.5 Å². The molecule has 1 unspecified atom stereocenters. The van der Waals surface area contributed by atoms with Crippen molar-refractivity contribution in [2.75, 3.05) is 11.5 Å². The third-order valence-electron chi connectivity index (χ3n) is 5.67. The van der Waals surface area contributed by atoms with E-state index >= 15 is 0 Å². The molecule has 6 heteroatoms. The van der Waals surface area contributed by atoms with E-state index in [0.717, 1.165) is 40.9 Å². The summed E-state index contributed by atoms with van der Waals surface area (Å²) in [6.45, 7) is 0.336. The number of H-pyrrole nitrogens is 1. The summed E-state index contributed by atoms with van der Waals surface area (Å²) in [7, 11) is 0. The number of fused-ring (bicyclic) bond motifs is 1. The normalized spacial score (nSPS) is 20.5. The van der Waals surface area contributed by atoms with Crippen LogP contribution >= 0.6 is 0 Å². The highest BCUT2D eigenvalue weighted by molar-refractivity contribution is 5.93. The topological polar surface area (TPSA) is 67.5 Å². The fraction of sp³-hybridized carbons (Fsp3) is 0.364. The zero-order valence-corrected chi connectivity index (χ0v) is 15.6. The number of hydrogen-bond acceptors (Lipinski definition) is 4. The van der Waals surface area contributed by atoms with Gasteiger partial charge in [0.2, 0.25) is 0 Å². The van der Waals surface area contributed by atoms with Crippen molar-refractivity contribution in [3.05, 3.63) is 54.4 Å². The van der Waals surface area contributed by atoms with Gasteiger partial charge in [-0.1, -0.05) is 18.6 Å². The molecule has 2 heterocycles. The number of imidazole rings is 1. The van der Waals surface area contributed by atoms with Crippen LogP contribution in [-0.2, 0) is 4.74 Å². The van der Waals surface area contributed by atoms with E-state index in [1.165, 1.54) is 19.3 Å². The molecule has 1 N–H and O–H groups in total. The number of cyclic esters (lactones) is 1. The predicted octanol–water partition coefficient (Wildman–Crippen LogP) is 4.97. The number of carbonyl (C=O) groups is 1. The molecule has 0 bridgehead atoms. The predicted molar refractivity (Wildman–Crippen MR) is 107 cm³/mol. The van der Waals surface area contributed by atoms with Crippen LogP contribution in [-0.4, -0.2) is 28.8 Å².